The molecule has 1 amide bonds. The van der Waals surface area contributed by atoms with Gasteiger partial charge in [-0.3, -0.25) is 14.9 Å². The van der Waals surface area contributed by atoms with Gasteiger partial charge in [0.05, 0.1) is 17.1 Å². The molecule has 0 fully saturated rings. The molecule has 2 aromatic carbocycles. The highest BCUT2D eigenvalue weighted by molar-refractivity contribution is 5.97. The minimum absolute atomic E-state index is 0.0476. The zero-order valence-electron chi connectivity index (χ0n) is 14.3. The highest BCUT2D eigenvalue weighted by Gasteiger charge is 2.18. The summed E-state index contributed by atoms with van der Waals surface area (Å²) in [6, 6.07) is 8.95. The van der Waals surface area contributed by atoms with Crippen molar-refractivity contribution >= 4 is 23.3 Å². The van der Waals surface area contributed by atoms with Gasteiger partial charge in [-0.25, -0.2) is 4.79 Å². The number of carbonyl (C=O) groups excluding carboxylic acids is 2. The van der Waals surface area contributed by atoms with Crippen LogP contribution in [-0.2, 0) is 16.1 Å². The summed E-state index contributed by atoms with van der Waals surface area (Å²) in [5.74, 6) is -1.39. The first-order valence-electron chi connectivity index (χ1n) is 7.74. The van der Waals surface area contributed by atoms with E-state index >= 15 is 0 Å². The Labute approximate surface area is 149 Å². The number of nitro benzene ring substituents is 1. The van der Waals surface area contributed by atoms with Gasteiger partial charge in [0.15, 0.2) is 6.61 Å². The standard InChI is InChI=1S/C18H18N2O6/c1-11-7-15(16(20(24)25)8-12(11)2)19-17(22)10-26-18(23)14-5-3-13(9-21)4-6-14/h3-8,21H,9-10H2,1-2H3,(H,19,22). The molecule has 2 N–H and O–H groups in total. The van der Waals surface area contributed by atoms with Crippen molar-refractivity contribution in [1.82, 2.24) is 0 Å². The van der Waals surface area contributed by atoms with E-state index in [2.05, 4.69) is 5.32 Å². The second-order valence-corrected chi connectivity index (χ2v) is 5.69. The molecule has 0 aliphatic carbocycles. The number of aryl methyl sites for hydroxylation is 2. The summed E-state index contributed by atoms with van der Waals surface area (Å²) in [5, 5.41) is 22.5. The number of hydrogen-bond donors (Lipinski definition) is 2. The second-order valence-electron chi connectivity index (χ2n) is 5.69. The van der Waals surface area contributed by atoms with Gasteiger partial charge in [-0.1, -0.05) is 12.1 Å². The van der Waals surface area contributed by atoms with E-state index in [0.717, 1.165) is 11.1 Å². The van der Waals surface area contributed by atoms with Gasteiger partial charge >= 0.3 is 5.97 Å². The van der Waals surface area contributed by atoms with E-state index in [4.69, 9.17) is 9.84 Å². The third kappa shape index (κ3) is 4.64. The van der Waals surface area contributed by atoms with Crippen LogP contribution in [0.1, 0.15) is 27.0 Å². The molecule has 0 unspecified atom stereocenters. The number of aliphatic hydroxyl groups is 1. The third-order valence-corrected chi connectivity index (χ3v) is 3.79. The normalized spacial score (nSPS) is 10.3. The predicted molar refractivity (Wildman–Crippen MR) is 93.8 cm³/mol. The zero-order valence-corrected chi connectivity index (χ0v) is 14.3. The lowest BCUT2D eigenvalue weighted by Crippen LogP contribution is -2.21. The Kier molecular flexibility index (Phi) is 6.03. The number of anilines is 1. The van der Waals surface area contributed by atoms with Crippen LogP contribution in [0.15, 0.2) is 36.4 Å². The predicted octanol–water partition coefficient (Wildman–Crippen LogP) is 2.50. The van der Waals surface area contributed by atoms with Gasteiger partial charge in [-0.05, 0) is 48.7 Å². The molecule has 136 valence electrons. The fourth-order valence-electron chi connectivity index (χ4n) is 2.20. The average Bonchev–Trinajstić information content (AvgIpc) is 2.62. The molecule has 8 nitrogen and oxygen atoms in total. The van der Waals surface area contributed by atoms with Crippen molar-refractivity contribution in [2.45, 2.75) is 20.5 Å². The van der Waals surface area contributed by atoms with Crippen molar-refractivity contribution in [1.29, 1.82) is 0 Å². The molecular formula is C18H18N2O6. The van der Waals surface area contributed by atoms with Gasteiger partial charge in [0, 0.05) is 6.07 Å². The highest BCUT2D eigenvalue weighted by Crippen LogP contribution is 2.27. The molecule has 0 aliphatic rings. The van der Waals surface area contributed by atoms with E-state index in [9.17, 15) is 19.7 Å². The number of carbonyl (C=O) groups is 2. The van der Waals surface area contributed by atoms with Crippen LogP contribution in [0.5, 0.6) is 0 Å². The van der Waals surface area contributed by atoms with Gasteiger partial charge < -0.3 is 15.2 Å². The molecule has 2 aromatic rings. The molecule has 26 heavy (non-hydrogen) atoms. The molecule has 0 aliphatic heterocycles. The number of ether oxygens (including phenoxy) is 1. The highest BCUT2D eigenvalue weighted by atomic mass is 16.6. The number of hydrogen-bond acceptors (Lipinski definition) is 6. The lowest BCUT2D eigenvalue weighted by molar-refractivity contribution is -0.384. The summed E-state index contributed by atoms with van der Waals surface area (Å²) in [7, 11) is 0. The van der Waals surface area contributed by atoms with Crippen LogP contribution >= 0.6 is 0 Å². The summed E-state index contributed by atoms with van der Waals surface area (Å²) >= 11 is 0. The average molecular weight is 358 g/mol. The number of nitrogens with one attached hydrogen (secondary N) is 1. The molecule has 0 radical (unpaired) electrons. The number of benzene rings is 2. The Bertz CT molecular complexity index is 846. The van der Waals surface area contributed by atoms with Crippen molar-refractivity contribution in [3.05, 3.63) is 68.8 Å². The van der Waals surface area contributed by atoms with Crippen LogP contribution in [0.2, 0.25) is 0 Å². The van der Waals surface area contributed by atoms with Crippen LogP contribution in [0.4, 0.5) is 11.4 Å². The molecule has 0 spiro atoms. The van der Waals surface area contributed by atoms with E-state index in [-0.39, 0.29) is 23.5 Å². The molecule has 2 rings (SSSR count). The number of rotatable bonds is 6. The topological polar surface area (TPSA) is 119 Å². The van der Waals surface area contributed by atoms with Crippen molar-refractivity contribution in [3.8, 4) is 0 Å². The Balaban J connectivity index is 2.01. The number of aliphatic hydroxyl groups excluding tert-OH is 1. The molecule has 0 aromatic heterocycles. The van der Waals surface area contributed by atoms with Gasteiger partial charge in [0.2, 0.25) is 0 Å². The van der Waals surface area contributed by atoms with E-state index < -0.39 is 23.4 Å². The van der Waals surface area contributed by atoms with Crippen LogP contribution in [0.25, 0.3) is 0 Å². The van der Waals surface area contributed by atoms with Crippen molar-refractivity contribution in [3.63, 3.8) is 0 Å². The van der Waals surface area contributed by atoms with E-state index in [1.807, 2.05) is 0 Å². The minimum Gasteiger partial charge on any atom is -0.452 e. The maximum Gasteiger partial charge on any atom is 0.338 e. The molecular weight excluding hydrogens is 340 g/mol. The van der Waals surface area contributed by atoms with Gasteiger partial charge in [-0.15, -0.1) is 0 Å². The van der Waals surface area contributed by atoms with E-state index in [1.54, 1.807) is 26.0 Å². The van der Waals surface area contributed by atoms with Crippen molar-refractivity contribution in [2.75, 3.05) is 11.9 Å². The Morgan fingerprint density at radius 3 is 2.35 bits per heavy atom. The molecule has 0 saturated carbocycles. The van der Waals surface area contributed by atoms with E-state index in [1.165, 1.54) is 24.3 Å². The van der Waals surface area contributed by atoms with Gasteiger partial charge in [-0.2, -0.15) is 0 Å². The van der Waals surface area contributed by atoms with Gasteiger partial charge in [0.1, 0.15) is 5.69 Å². The second kappa shape index (κ2) is 8.21. The maximum atomic E-state index is 12.0. The first kappa shape index (κ1) is 19.1. The van der Waals surface area contributed by atoms with Crippen LogP contribution < -0.4 is 5.32 Å². The lowest BCUT2D eigenvalue weighted by Gasteiger charge is -2.09. The summed E-state index contributed by atoms with van der Waals surface area (Å²) in [5.41, 5.74) is 2.20. The smallest absolute Gasteiger partial charge is 0.338 e. The monoisotopic (exact) mass is 358 g/mol. The summed E-state index contributed by atoms with van der Waals surface area (Å²) in [6.45, 7) is 2.78. The van der Waals surface area contributed by atoms with Crippen molar-refractivity contribution < 1.29 is 24.4 Å². The maximum absolute atomic E-state index is 12.0. The first-order valence-corrected chi connectivity index (χ1v) is 7.74. The summed E-state index contributed by atoms with van der Waals surface area (Å²) in [6.07, 6.45) is 0. The molecule has 0 bridgehead atoms. The third-order valence-electron chi connectivity index (χ3n) is 3.79. The lowest BCUT2D eigenvalue weighted by atomic mass is 10.1. The quantitative estimate of drug-likeness (QED) is 0.465. The Morgan fingerprint density at radius 2 is 1.77 bits per heavy atom. The summed E-state index contributed by atoms with van der Waals surface area (Å²) < 4.78 is 4.91. The number of nitrogens with zero attached hydrogens (tertiary/aromatic N) is 1. The largest absolute Gasteiger partial charge is 0.452 e. The molecule has 0 atom stereocenters. The van der Waals surface area contributed by atoms with Crippen molar-refractivity contribution in [2.24, 2.45) is 0 Å². The fraction of sp³-hybridized carbons (Fsp3) is 0.222. The molecule has 0 saturated heterocycles. The number of nitro groups is 1. The zero-order chi connectivity index (χ0) is 19.3. The number of amides is 1. The molecule has 8 heteroatoms. The minimum atomic E-state index is -0.709. The summed E-state index contributed by atoms with van der Waals surface area (Å²) in [4.78, 5) is 34.4. The Hall–Kier alpha value is -3.26. The number of esters is 1. The first-order chi connectivity index (χ1) is 12.3. The van der Waals surface area contributed by atoms with Gasteiger partial charge in [0.25, 0.3) is 11.6 Å². The fourth-order valence-corrected chi connectivity index (χ4v) is 2.20. The van der Waals surface area contributed by atoms with Crippen LogP contribution in [-0.4, -0.2) is 28.5 Å². The Morgan fingerprint density at radius 1 is 1.15 bits per heavy atom. The van der Waals surface area contributed by atoms with Crippen LogP contribution in [0, 0.1) is 24.0 Å². The molecule has 0 heterocycles. The SMILES string of the molecule is Cc1cc(NC(=O)COC(=O)c2ccc(CO)cc2)c([N+](=O)[O-])cc1C. The van der Waals surface area contributed by atoms with Crippen LogP contribution in [0.3, 0.4) is 0 Å². The van der Waals surface area contributed by atoms with E-state index in [0.29, 0.717) is 5.56 Å².